The number of fused-ring (bicyclic) bond motifs is 1. The van der Waals surface area contributed by atoms with Crippen molar-refractivity contribution >= 4 is 42.5 Å². The number of hydrogen-bond donors (Lipinski definition) is 1. The molecule has 0 radical (unpaired) electrons. The third-order valence-corrected chi connectivity index (χ3v) is 6.39. The first-order chi connectivity index (χ1) is 13.4. The van der Waals surface area contributed by atoms with E-state index in [1.165, 1.54) is 19.1 Å². The molecule has 0 amide bonds. The van der Waals surface area contributed by atoms with Gasteiger partial charge in [0.1, 0.15) is 24.5 Å². The van der Waals surface area contributed by atoms with E-state index in [4.69, 9.17) is 4.74 Å². The molecule has 1 aromatic heterocycles. The Morgan fingerprint density at radius 3 is 2.79 bits per heavy atom. The molecule has 146 valence electrons. The van der Waals surface area contributed by atoms with Gasteiger partial charge in [0.2, 0.25) is 0 Å². The van der Waals surface area contributed by atoms with Crippen LogP contribution < -0.4 is 10.1 Å². The van der Waals surface area contributed by atoms with Crippen molar-refractivity contribution in [1.82, 2.24) is 9.97 Å². The first kappa shape index (κ1) is 19.1. The summed E-state index contributed by atoms with van der Waals surface area (Å²) in [5.74, 6) is 2.22. The Kier molecular flexibility index (Phi) is 5.25. The zero-order chi connectivity index (χ0) is 19.7. The highest BCUT2D eigenvalue weighted by atomic mass is 79.9. The summed E-state index contributed by atoms with van der Waals surface area (Å²) < 4.78 is 30.2. The molecule has 1 aliphatic rings. The van der Waals surface area contributed by atoms with Crippen LogP contribution >= 0.6 is 15.9 Å². The molecule has 8 heteroatoms. The van der Waals surface area contributed by atoms with Crippen LogP contribution in [0, 0.1) is 5.92 Å². The Balaban J connectivity index is 1.55. The molecule has 0 aliphatic heterocycles. The number of nitrogens with zero attached hydrogens (tertiary/aromatic N) is 2. The Morgan fingerprint density at radius 2 is 2.04 bits per heavy atom. The largest absolute Gasteiger partial charge is 0.488 e. The van der Waals surface area contributed by atoms with Gasteiger partial charge in [0.05, 0.1) is 14.9 Å². The van der Waals surface area contributed by atoms with Gasteiger partial charge in [-0.15, -0.1) is 0 Å². The van der Waals surface area contributed by atoms with Crippen molar-refractivity contribution in [2.45, 2.75) is 24.3 Å². The second kappa shape index (κ2) is 7.67. The third-order valence-electron chi connectivity index (χ3n) is 4.67. The standard InChI is InChI=1S/C20H20BrN3O3S/c1-28(25,26)15-4-2-3-14(7-15)11-27-19-9-18-16(8-17(19)21)20(24-12-23-18)22-10-13-5-6-13/h2-4,7-9,12-13H,5-6,10-11H2,1H3,(H,22,23,24). The van der Waals surface area contributed by atoms with Gasteiger partial charge >= 0.3 is 0 Å². The lowest BCUT2D eigenvalue weighted by Crippen LogP contribution is -2.06. The first-order valence-corrected chi connectivity index (χ1v) is 11.7. The van der Waals surface area contributed by atoms with E-state index in [2.05, 4.69) is 31.2 Å². The number of ether oxygens (including phenoxy) is 1. The second-order valence-electron chi connectivity index (χ2n) is 7.05. The highest BCUT2D eigenvalue weighted by Crippen LogP contribution is 2.34. The summed E-state index contributed by atoms with van der Waals surface area (Å²) in [5, 5.41) is 4.34. The maximum absolute atomic E-state index is 11.7. The number of sulfone groups is 1. The molecule has 0 bridgehead atoms. The van der Waals surface area contributed by atoms with E-state index in [1.54, 1.807) is 24.5 Å². The molecule has 1 heterocycles. The Hall–Kier alpha value is -2.19. The van der Waals surface area contributed by atoms with Gasteiger partial charge in [-0.05, 0) is 58.5 Å². The van der Waals surface area contributed by atoms with Gasteiger partial charge < -0.3 is 10.1 Å². The molecular formula is C20H20BrN3O3S. The molecule has 4 rings (SSSR count). The quantitative estimate of drug-likeness (QED) is 0.567. The molecule has 2 aromatic carbocycles. The van der Waals surface area contributed by atoms with Crippen LogP contribution in [0.1, 0.15) is 18.4 Å². The van der Waals surface area contributed by atoms with E-state index in [0.29, 0.717) is 5.75 Å². The van der Waals surface area contributed by atoms with Crippen molar-refractivity contribution in [3.05, 3.63) is 52.8 Å². The van der Waals surface area contributed by atoms with Crippen LogP contribution in [-0.4, -0.2) is 31.2 Å². The van der Waals surface area contributed by atoms with Crippen LogP contribution in [0.2, 0.25) is 0 Å². The van der Waals surface area contributed by atoms with Gasteiger partial charge in [-0.3, -0.25) is 0 Å². The number of anilines is 1. The van der Waals surface area contributed by atoms with Gasteiger partial charge in [-0.1, -0.05) is 12.1 Å². The third kappa shape index (κ3) is 4.44. The number of halogens is 1. The van der Waals surface area contributed by atoms with Crippen LogP contribution in [0.4, 0.5) is 5.82 Å². The average molecular weight is 462 g/mol. The molecule has 0 spiro atoms. The van der Waals surface area contributed by atoms with Crippen molar-refractivity contribution in [3.63, 3.8) is 0 Å². The van der Waals surface area contributed by atoms with E-state index in [0.717, 1.165) is 39.2 Å². The fourth-order valence-corrected chi connectivity index (χ4v) is 4.05. The van der Waals surface area contributed by atoms with Crippen LogP contribution in [0.3, 0.4) is 0 Å². The normalized spacial score (nSPS) is 14.2. The number of benzene rings is 2. The minimum Gasteiger partial charge on any atom is -0.488 e. The molecule has 1 N–H and O–H groups in total. The Morgan fingerprint density at radius 1 is 1.21 bits per heavy atom. The van der Waals surface area contributed by atoms with Crippen LogP contribution in [0.5, 0.6) is 5.75 Å². The summed E-state index contributed by atoms with van der Waals surface area (Å²) in [5.41, 5.74) is 1.57. The maximum Gasteiger partial charge on any atom is 0.175 e. The summed E-state index contributed by atoms with van der Waals surface area (Å²) in [7, 11) is -3.25. The monoisotopic (exact) mass is 461 g/mol. The average Bonchev–Trinajstić information content (AvgIpc) is 3.49. The minimum absolute atomic E-state index is 0.255. The summed E-state index contributed by atoms with van der Waals surface area (Å²) >= 11 is 3.56. The zero-order valence-corrected chi connectivity index (χ0v) is 17.8. The molecule has 0 atom stereocenters. The topological polar surface area (TPSA) is 81.2 Å². The molecule has 28 heavy (non-hydrogen) atoms. The lowest BCUT2D eigenvalue weighted by Gasteiger charge is -2.12. The zero-order valence-electron chi connectivity index (χ0n) is 15.4. The van der Waals surface area contributed by atoms with E-state index < -0.39 is 9.84 Å². The second-order valence-corrected chi connectivity index (χ2v) is 9.92. The van der Waals surface area contributed by atoms with Gasteiger partial charge in [0, 0.05) is 24.3 Å². The SMILES string of the molecule is CS(=O)(=O)c1cccc(COc2cc3ncnc(NCC4CC4)c3cc2Br)c1. The fraction of sp³-hybridized carbons (Fsp3) is 0.300. The number of nitrogens with one attached hydrogen (secondary N) is 1. The summed E-state index contributed by atoms with van der Waals surface area (Å²) in [6.45, 7) is 1.18. The van der Waals surface area contributed by atoms with Crippen LogP contribution in [-0.2, 0) is 16.4 Å². The van der Waals surface area contributed by atoms with Crippen molar-refractivity contribution < 1.29 is 13.2 Å². The molecule has 6 nitrogen and oxygen atoms in total. The highest BCUT2D eigenvalue weighted by molar-refractivity contribution is 9.10. The Bertz CT molecular complexity index is 1130. The predicted molar refractivity (Wildman–Crippen MR) is 112 cm³/mol. The predicted octanol–water partition coefficient (Wildman–Crippen LogP) is 4.20. The number of hydrogen-bond acceptors (Lipinski definition) is 6. The van der Waals surface area contributed by atoms with Gasteiger partial charge in [-0.2, -0.15) is 0 Å². The molecule has 3 aromatic rings. The van der Waals surface area contributed by atoms with Gasteiger partial charge in [-0.25, -0.2) is 18.4 Å². The van der Waals surface area contributed by atoms with Crippen molar-refractivity contribution in [1.29, 1.82) is 0 Å². The van der Waals surface area contributed by atoms with Gasteiger partial charge in [0.15, 0.2) is 9.84 Å². The van der Waals surface area contributed by atoms with E-state index in [1.807, 2.05) is 18.2 Å². The fourth-order valence-electron chi connectivity index (χ4n) is 2.90. The molecule has 1 aliphatic carbocycles. The van der Waals surface area contributed by atoms with E-state index in [9.17, 15) is 8.42 Å². The van der Waals surface area contributed by atoms with Crippen molar-refractivity contribution in [2.75, 3.05) is 18.1 Å². The Labute approximate surface area is 172 Å². The maximum atomic E-state index is 11.7. The number of aromatic nitrogens is 2. The van der Waals surface area contributed by atoms with Crippen molar-refractivity contribution in [2.24, 2.45) is 5.92 Å². The van der Waals surface area contributed by atoms with Crippen LogP contribution in [0.25, 0.3) is 10.9 Å². The minimum atomic E-state index is -3.25. The van der Waals surface area contributed by atoms with Crippen molar-refractivity contribution in [3.8, 4) is 5.75 Å². The van der Waals surface area contributed by atoms with E-state index >= 15 is 0 Å². The molecule has 0 saturated heterocycles. The molecule has 0 unspecified atom stereocenters. The smallest absolute Gasteiger partial charge is 0.175 e. The molecule has 1 fully saturated rings. The van der Waals surface area contributed by atoms with Gasteiger partial charge in [0.25, 0.3) is 0 Å². The lowest BCUT2D eigenvalue weighted by atomic mass is 10.2. The highest BCUT2D eigenvalue weighted by Gasteiger charge is 2.21. The lowest BCUT2D eigenvalue weighted by molar-refractivity contribution is 0.304. The molecular weight excluding hydrogens is 442 g/mol. The van der Waals surface area contributed by atoms with Crippen LogP contribution in [0.15, 0.2) is 52.1 Å². The summed E-state index contributed by atoms with van der Waals surface area (Å²) in [6, 6.07) is 10.6. The summed E-state index contributed by atoms with van der Waals surface area (Å²) in [6.07, 6.45) is 5.29. The number of rotatable bonds is 7. The molecule has 1 saturated carbocycles. The summed E-state index contributed by atoms with van der Waals surface area (Å²) in [4.78, 5) is 9.00. The van der Waals surface area contributed by atoms with E-state index in [-0.39, 0.29) is 11.5 Å². The first-order valence-electron chi connectivity index (χ1n) is 9.00.